The van der Waals surface area contributed by atoms with Crippen LogP contribution in [0.15, 0.2) is 18.2 Å². The van der Waals surface area contributed by atoms with Gasteiger partial charge in [0.15, 0.2) is 0 Å². The molecule has 0 bridgehead atoms. The molecule has 1 unspecified atom stereocenters. The van der Waals surface area contributed by atoms with Crippen molar-refractivity contribution in [1.29, 1.82) is 0 Å². The molecule has 1 aliphatic rings. The fourth-order valence-corrected chi connectivity index (χ4v) is 2.18. The van der Waals surface area contributed by atoms with Crippen molar-refractivity contribution >= 4 is 0 Å². The number of aliphatic hydroxyl groups is 1. The largest absolute Gasteiger partial charge is 0.508 e. The highest BCUT2D eigenvalue weighted by Gasteiger charge is 2.31. The lowest BCUT2D eigenvalue weighted by Gasteiger charge is -2.19. The molecule has 0 aromatic heterocycles. The highest BCUT2D eigenvalue weighted by Crippen LogP contribution is 2.36. The van der Waals surface area contributed by atoms with Gasteiger partial charge in [-0.1, -0.05) is 12.1 Å². The van der Waals surface area contributed by atoms with E-state index in [0.717, 1.165) is 11.1 Å². The van der Waals surface area contributed by atoms with Crippen LogP contribution in [0.25, 0.3) is 0 Å². The van der Waals surface area contributed by atoms with Gasteiger partial charge >= 0.3 is 0 Å². The lowest BCUT2D eigenvalue weighted by atomic mass is 10.1. The summed E-state index contributed by atoms with van der Waals surface area (Å²) in [5, 5.41) is 20.8. The molecule has 1 atom stereocenters. The molecule has 0 heterocycles. The first-order valence-corrected chi connectivity index (χ1v) is 5.56. The molecule has 0 fully saturated rings. The van der Waals surface area contributed by atoms with Crippen molar-refractivity contribution in [1.82, 2.24) is 5.32 Å². The number of fused-ring (bicyclic) bond motifs is 1. The molecule has 94 valence electrons. The average Bonchev–Trinajstić information content (AvgIpc) is 2.71. The molecular formula is C12H15F2NO2. The molecule has 3 N–H and O–H groups in total. The summed E-state index contributed by atoms with van der Waals surface area (Å²) >= 11 is 0. The zero-order valence-corrected chi connectivity index (χ0v) is 9.29. The fraction of sp³-hybridized carbons (Fsp3) is 0.500. The molecule has 0 saturated heterocycles. The van der Waals surface area contributed by atoms with Crippen LogP contribution in [0.4, 0.5) is 8.78 Å². The van der Waals surface area contributed by atoms with E-state index in [1.54, 1.807) is 12.1 Å². The minimum Gasteiger partial charge on any atom is -0.508 e. The Labute approximate surface area is 98.1 Å². The van der Waals surface area contributed by atoms with E-state index < -0.39 is 19.1 Å². The third-order valence-electron chi connectivity index (χ3n) is 3.08. The standard InChI is InChI=1S/C12H15F2NO2/c13-12(14,7-16)6-15-10-5-4-9-8(10)2-1-3-11(9)17/h1-3,10,15-17H,4-7H2. The Bertz CT molecular complexity index is 409. The number of phenolic OH excluding ortho intramolecular Hbond substituents is 1. The van der Waals surface area contributed by atoms with Crippen molar-refractivity contribution in [3.05, 3.63) is 29.3 Å². The number of halogens is 2. The van der Waals surface area contributed by atoms with Crippen LogP contribution in [0.3, 0.4) is 0 Å². The maximum Gasteiger partial charge on any atom is 0.282 e. The Morgan fingerprint density at radius 2 is 2.18 bits per heavy atom. The zero-order chi connectivity index (χ0) is 12.5. The zero-order valence-electron chi connectivity index (χ0n) is 9.29. The van der Waals surface area contributed by atoms with Gasteiger partial charge in [-0.15, -0.1) is 0 Å². The first-order chi connectivity index (χ1) is 8.03. The first-order valence-electron chi connectivity index (χ1n) is 5.56. The number of hydrogen-bond donors (Lipinski definition) is 3. The third kappa shape index (κ3) is 2.56. The van der Waals surface area contributed by atoms with Gasteiger partial charge in [0, 0.05) is 6.04 Å². The van der Waals surface area contributed by atoms with Gasteiger partial charge in [-0.05, 0) is 30.0 Å². The predicted molar refractivity (Wildman–Crippen MR) is 59.2 cm³/mol. The molecule has 2 rings (SSSR count). The summed E-state index contributed by atoms with van der Waals surface area (Å²) < 4.78 is 25.8. The molecule has 5 heteroatoms. The monoisotopic (exact) mass is 243 g/mol. The van der Waals surface area contributed by atoms with Crippen molar-refractivity contribution in [3.63, 3.8) is 0 Å². The summed E-state index contributed by atoms with van der Waals surface area (Å²) in [6.45, 7) is -1.71. The first kappa shape index (κ1) is 12.3. The van der Waals surface area contributed by atoms with Crippen LogP contribution in [0.5, 0.6) is 5.75 Å². The lowest BCUT2D eigenvalue weighted by Crippen LogP contribution is -2.37. The van der Waals surface area contributed by atoms with Crippen LogP contribution in [-0.4, -0.2) is 29.3 Å². The van der Waals surface area contributed by atoms with Gasteiger partial charge in [-0.2, -0.15) is 0 Å². The van der Waals surface area contributed by atoms with E-state index in [1.165, 1.54) is 0 Å². The van der Waals surface area contributed by atoms with Crippen molar-refractivity contribution in [2.24, 2.45) is 0 Å². The minimum absolute atomic E-state index is 0.172. The molecule has 17 heavy (non-hydrogen) atoms. The van der Waals surface area contributed by atoms with Crippen LogP contribution in [-0.2, 0) is 6.42 Å². The van der Waals surface area contributed by atoms with Crippen LogP contribution in [0, 0.1) is 0 Å². The van der Waals surface area contributed by atoms with Crippen LogP contribution < -0.4 is 5.32 Å². The summed E-state index contributed by atoms with van der Waals surface area (Å²) in [5.41, 5.74) is 1.70. The van der Waals surface area contributed by atoms with Crippen molar-refractivity contribution in [2.75, 3.05) is 13.2 Å². The van der Waals surface area contributed by atoms with E-state index in [2.05, 4.69) is 5.32 Å². The quantitative estimate of drug-likeness (QED) is 0.752. The van der Waals surface area contributed by atoms with Gasteiger partial charge in [0.05, 0.1) is 6.54 Å². The number of aromatic hydroxyl groups is 1. The second-order valence-corrected chi connectivity index (χ2v) is 4.33. The van der Waals surface area contributed by atoms with E-state index >= 15 is 0 Å². The van der Waals surface area contributed by atoms with E-state index in [9.17, 15) is 13.9 Å². The van der Waals surface area contributed by atoms with Crippen molar-refractivity contribution < 1.29 is 19.0 Å². The Balaban J connectivity index is 2.05. The Kier molecular flexibility index (Phi) is 3.31. The van der Waals surface area contributed by atoms with E-state index in [4.69, 9.17) is 5.11 Å². The summed E-state index contributed by atoms with van der Waals surface area (Å²) in [6, 6.07) is 4.97. The molecule has 0 saturated carbocycles. The van der Waals surface area contributed by atoms with E-state index in [0.29, 0.717) is 12.8 Å². The number of phenols is 1. The predicted octanol–water partition coefficient (Wildman–Crippen LogP) is 1.60. The number of benzene rings is 1. The maximum atomic E-state index is 12.9. The highest BCUT2D eigenvalue weighted by molar-refractivity contribution is 5.44. The van der Waals surface area contributed by atoms with Gasteiger partial charge in [0.1, 0.15) is 12.4 Å². The van der Waals surface area contributed by atoms with Gasteiger partial charge in [0.2, 0.25) is 0 Å². The van der Waals surface area contributed by atoms with E-state index in [1.807, 2.05) is 6.07 Å². The highest BCUT2D eigenvalue weighted by atomic mass is 19.3. The lowest BCUT2D eigenvalue weighted by molar-refractivity contribution is -0.0493. The number of rotatable bonds is 4. The van der Waals surface area contributed by atoms with Crippen molar-refractivity contribution in [3.8, 4) is 5.75 Å². The molecular weight excluding hydrogens is 228 g/mol. The third-order valence-corrected chi connectivity index (χ3v) is 3.08. The molecule has 0 spiro atoms. The molecule has 1 aromatic rings. The van der Waals surface area contributed by atoms with Gasteiger partial charge in [-0.25, -0.2) is 8.78 Å². The number of hydrogen-bond acceptors (Lipinski definition) is 3. The van der Waals surface area contributed by atoms with Gasteiger partial charge in [0.25, 0.3) is 5.92 Å². The topological polar surface area (TPSA) is 52.5 Å². The van der Waals surface area contributed by atoms with Crippen LogP contribution >= 0.6 is 0 Å². The molecule has 1 aliphatic carbocycles. The SMILES string of the molecule is OCC(F)(F)CNC1CCc2c(O)cccc21. The summed E-state index contributed by atoms with van der Waals surface area (Å²) in [6.07, 6.45) is 1.37. The number of nitrogens with one attached hydrogen (secondary N) is 1. The molecule has 0 amide bonds. The summed E-state index contributed by atoms with van der Waals surface area (Å²) in [4.78, 5) is 0. The fourth-order valence-electron chi connectivity index (χ4n) is 2.18. The normalized spacial score (nSPS) is 19.4. The van der Waals surface area contributed by atoms with Crippen LogP contribution in [0.1, 0.15) is 23.6 Å². The Morgan fingerprint density at radius 1 is 1.41 bits per heavy atom. The number of alkyl halides is 2. The van der Waals surface area contributed by atoms with E-state index in [-0.39, 0.29) is 11.8 Å². The molecule has 1 aromatic carbocycles. The summed E-state index contributed by atoms with van der Waals surface area (Å²) in [7, 11) is 0. The maximum absolute atomic E-state index is 12.9. The Hall–Kier alpha value is -1.20. The molecule has 0 aliphatic heterocycles. The van der Waals surface area contributed by atoms with Crippen molar-refractivity contribution in [2.45, 2.75) is 24.8 Å². The smallest absolute Gasteiger partial charge is 0.282 e. The second kappa shape index (κ2) is 4.58. The minimum atomic E-state index is -3.10. The van der Waals surface area contributed by atoms with Crippen LogP contribution in [0.2, 0.25) is 0 Å². The molecule has 0 radical (unpaired) electrons. The summed E-state index contributed by atoms with van der Waals surface area (Å²) in [5.74, 6) is -2.87. The Morgan fingerprint density at radius 3 is 2.88 bits per heavy atom. The molecule has 3 nitrogen and oxygen atoms in total. The van der Waals surface area contributed by atoms with Gasteiger partial charge < -0.3 is 15.5 Å². The number of aliphatic hydroxyl groups excluding tert-OH is 1. The average molecular weight is 243 g/mol. The second-order valence-electron chi connectivity index (χ2n) is 4.33. The van der Waals surface area contributed by atoms with Gasteiger partial charge in [-0.3, -0.25) is 0 Å².